The van der Waals surface area contributed by atoms with Crippen LogP contribution in [-0.4, -0.2) is 35.3 Å². The van der Waals surface area contributed by atoms with E-state index >= 15 is 0 Å². The molecule has 0 fully saturated rings. The van der Waals surface area contributed by atoms with Gasteiger partial charge in [-0.15, -0.1) is 0 Å². The first-order chi connectivity index (χ1) is 12.3. The molecule has 0 aliphatic carbocycles. The Bertz CT molecular complexity index is 897. The third-order valence-corrected chi connectivity index (χ3v) is 4.78. The third kappa shape index (κ3) is 3.03. The summed E-state index contributed by atoms with van der Waals surface area (Å²) in [4.78, 5) is 41.5. The van der Waals surface area contributed by atoms with E-state index in [0.29, 0.717) is 23.4 Å². The SMILES string of the molecule is CC(=O)c1c(C)[nH]c(C(=O)O[C@@H](C)C(=O)N2CCc3ccccc32)c1C. The minimum absolute atomic E-state index is 0.118. The Kier molecular flexibility index (Phi) is 4.68. The standard InChI is InChI=1S/C20H22N2O4/c1-11-17(13(3)23)12(2)21-18(11)20(25)26-14(4)19(24)22-10-9-15-7-5-6-8-16(15)22/h5-8,14,21H,9-10H2,1-4H3/t14-/m0/s1. The number of esters is 1. The number of Topliss-reactive ketones (excluding diaryl/α,β-unsaturated/α-hetero) is 1. The number of carbonyl (C=O) groups is 3. The molecule has 0 saturated heterocycles. The van der Waals surface area contributed by atoms with Gasteiger partial charge in [0.1, 0.15) is 5.69 Å². The van der Waals surface area contributed by atoms with E-state index in [4.69, 9.17) is 4.74 Å². The molecule has 26 heavy (non-hydrogen) atoms. The Balaban J connectivity index is 1.75. The van der Waals surface area contributed by atoms with Gasteiger partial charge in [-0.05, 0) is 51.3 Å². The maximum Gasteiger partial charge on any atom is 0.355 e. The van der Waals surface area contributed by atoms with Crippen LogP contribution in [0, 0.1) is 13.8 Å². The van der Waals surface area contributed by atoms with E-state index < -0.39 is 12.1 Å². The van der Waals surface area contributed by atoms with Crippen molar-refractivity contribution in [1.29, 1.82) is 0 Å². The summed E-state index contributed by atoms with van der Waals surface area (Å²) in [5, 5.41) is 0. The van der Waals surface area contributed by atoms with Crippen molar-refractivity contribution in [2.24, 2.45) is 0 Å². The van der Waals surface area contributed by atoms with Crippen LogP contribution in [0.3, 0.4) is 0 Å². The minimum Gasteiger partial charge on any atom is -0.448 e. The van der Waals surface area contributed by atoms with Gasteiger partial charge in [0.05, 0.1) is 0 Å². The monoisotopic (exact) mass is 354 g/mol. The molecule has 1 atom stereocenters. The number of aryl methyl sites for hydroxylation is 1. The molecule has 136 valence electrons. The van der Waals surface area contributed by atoms with Gasteiger partial charge in [0, 0.05) is 23.5 Å². The van der Waals surface area contributed by atoms with E-state index in [1.807, 2.05) is 24.3 Å². The molecule has 0 spiro atoms. The fourth-order valence-electron chi connectivity index (χ4n) is 3.54. The van der Waals surface area contributed by atoms with E-state index in [0.717, 1.165) is 17.7 Å². The molecule has 1 N–H and O–H groups in total. The van der Waals surface area contributed by atoms with Gasteiger partial charge >= 0.3 is 5.97 Å². The van der Waals surface area contributed by atoms with E-state index in [9.17, 15) is 14.4 Å². The Morgan fingerprint density at radius 1 is 1.19 bits per heavy atom. The number of para-hydroxylation sites is 1. The number of fused-ring (bicyclic) bond motifs is 1. The second-order valence-electron chi connectivity index (χ2n) is 6.60. The Morgan fingerprint density at radius 2 is 1.88 bits per heavy atom. The molecule has 2 heterocycles. The zero-order valence-corrected chi connectivity index (χ0v) is 15.4. The van der Waals surface area contributed by atoms with Crippen LogP contribution in [-0.2, 0) is 16.0 Å². The molecule has 1 aliphatic rings. The number of nitrogens with one attached hydrogen (secondary N) is 1. The lowest BCUT2D eigenvalue weighted by molar-refractivity contribution is -0.126. The predicted octanol–water partition coefficient (Wildman–Crippen LogP) is 2.97. The first kappa shape index (κ1) is 17.9. The van der Waals surface area contributed by atoms with Gasteiger partial charge in [-0.3, -0.25) is 9.59 Å². The first-order valence-corrected chi connectivity index (χ1v) is 8.61. The molecule has 6 heteroatoms. The van der Waals surface area contributed by atoms with E-state index in [-0.39, 0.29) is 17.4 Å². The van der Waals surface area contributed by atoms with Gasteiger partial charge in [-0.25, -0.2) is 4.79 Å². The van der Waals surface area contributed by atoms with Crippen molar-refractivity contribution in [1.82, 2.24) is 4.98 Å². The number of benzene rings is 1. The summed E-state index contributed by atoms with van der Waals surface area (Å²) in [6, 6.07) is 7.72. The van der Waals surface area contributed by atoms with Crippen molar-refractivity contribution in [2.75, 3.05) is 11.4 Å². The normalized spacial score (nSPS) is 14.1. The van der Waals surface area contributed by atoms with Crippen molar-refractivity contribution in [2.45, 2.75) is 40.2 Å². The molecule has 0 bridgehead atoms. The van der Waals surface area contributed by atoms with Crippen LogP contribution in [0.4, 0.5) is 5.69 Å². The number of H-pyrrole nitrogens is 1. The average molecular weight is 354 g/mol. The molecule has 1 aromatic carbocycles. The highest BCUT2D eigenvalue weighted by Gasteiger charge is 2.31. The van der Waals surface area contributed by atoms with Gasteiger partial charge in [0.2, 0.25) is 0 Å². The summed E-state index contributed by atoms with van der Waals surface area (Å²) < 4.78 is 5.38. The summed E-state index contributed by atoms with van der Waals surface area (Å²) in [6.07, 6.45) is -0.128. The molecular weight excluding hydrogens is 332 g/mol. The fraction of sp³-hybridized carbons (Fsp3) is 0.350. The van der Waals surface area contributed by atoms with Gasteiger partial charge in [0.25, 0.3) is 5.91 Å². The fourth-order valence-corrected chi connectivity index (χ4v) is 3.54. The van der Waals surface area contributed by atoms with E-state index in [2.05, 4.69) is 4.98 Å². The molecule has 3 rings (SSSR count). The number of nitrogens with zero attached hydrogens (tertiary/aromatic N) is 1. The van der Waals surface area contributed by atoms with Crippen molar-refractivity contribution < 1.29 is 19.1 Å². The van der Waals surface area contributed by atoms with Crippen molar-refractivity contribution in [3.8, 4) is 0 Å². The molecule has 1 aliphatic heterocycles. The maximum atomic E-state index is 12.7. The summed E-state index contributed by atoms with van der Waals surface area (Å²) in [5.74, 6) is -1.00. The lowest BCUT2D eigenvalue weighted by Gasteiger charge is -2.21. The lowest BCUT2D eigenvalue weighted by Crippen LogP contribution is -2.39. The summed E-state index contributed by atoms with van der Waals surface area (Å²) in [7, 11) is 0. The number of aromatic amines is 1. The van der Waals surface area contributed by atoms with Crippen molar-refractivity contribution >= 4 is 23.3 Å². The number of anilines is 1. The van der Waals surface area contributed by atoms with E-state index in [1.165, 1.54) is 6.92 Å². The van der Waals surface area contributed by atoms with Gasteiger partial charge < -0.3 is 14.6 Å². The largest absolute Gasteiger partial charge is 0.448 e. The van der Waals surface area contributed by atoms with Crippen LogP contribution in [0.5, 0.6) is 0 Å². The van der Waals surface area contributed by atoms with Crippen LogP contribution in [0.2, 0.25) is 0 Å². The Morgan fingerprint density at radius 3 is 2.54 bits per heavy atom. The molecule has 0 saturated carbocycles. The highest BCUT2D eigenvalue weighted by molar-refractivity contribution is 6.03. The number of rotatable bonds is 4. The highest BCUT2D eigenvalue weighted by Crippen LogP contribution is 2.28. The molecule has 2 aromatic rings. The van der Waals surface area contributed by atoms with Gasteiger partial charge in [-0.2, -0.15) is 0 Å². The van der Waals surface area contributed by atoms with Gasteiger partial charge in [-0.1, -0.05) is 18.2 Å². The van der Waals surface area contributed by atoms with Crippen LogP contribution in [0.1, 0.15) is 51.5 Å². The molecule has 1 amide bonds. The summed E-state index contributed by atoms with van der Waals surface area (Å²) >= 11 is 0. The Labute approximate surface area is 152 Å². The Hall–Kier alpha value is -2.89. The quantitative estimate of drug-likeness (QED) is 0.676. The molecular formula is C20H22N2O4. The minimum atomic E-state index is -0.919. The zero-order chi connectivity index (χ0) is 19.0. The lowest BCUT2D eigenvalue weighted by atomic mass is 10.1. The summed E-state index contributed by atoms with van der Waals surface area (Å²) in [6.45, 7) is 7.03. The number of ether oxygens (including phenoxy) is 1. The first-order valence-electron chi connectivity index (χ1n) is 8.61. The number of hydrogen-bond donors (Lipinski definition) is 1. The number of carbonyl (C=O) groups excluding carboxylic acids is 3. The number of ketones is 1. The zero-order valence-electron chi connectivity index (χ0n) is 15.4. The van der Waals surface area contributed by atoms with Crippen LogP contribution in [0.15, 0.2) is 24.3 Å². The average Bonchev–Trinajstić information content (AvgIpc) is 3.14. The van der Waals surface area contributed by atoms with E-state index in [1.54, 1.807) is 25.7 Å². The molecule has 1 aromatic heterocycles. The topological polar surface area (TPSA) is 79.5 Å². The maximum absolute atomic E-state index is 12.7. The number of hydrogen-bond acceptors (Lipinski definition) is 4. The third-order valence-electron chi connectivity index (χ3n) is 4.78. The van der Waals surface area contributed by atoms with Crippen LogP contribution in [0.25, 0.3) is 0 Å². The van der Waals surface area contributed by atoms with Crippen LogP contribution < -0.4 is 4.90 Å². The molecule has 0 radical (unpaired) electrons. The smallest absolute Gasteiger partial charge is 0.355 e. The highest BCUT2D eigenvalue weighted by atomic mass is 16.5. The number of aromatic nitrogens is 1. The second kappa shape index (κ2) is 6.78. The van der Waals surface area contributed by atoms with Crippen molar-refractivity contribution in [3.63, 3.8) is 0 Å². The molecule has 6 nitrogen and oxygen atoms in total. The summed E-state index contributed by atoms with van der Waals surface area (Å²) in [5.41, 5.74) is 3.85. The second-order valence-corrected chi connectivity index (χ2v) is 6.60. The number of amides is 1. The van der Waals surface area contributed by atoms with Crippen LogP contribution >= 0.6 is 0 Å². The molecule has 0 unspecified atom stereocenters. The van der Waals surface area contributed by atoms with Gasteiger partial charge in [0.15, 0.2) is 11.9 Å². The predicted molar refractivity (Wildman–Crippen MR) is 97.6 cm³/mol. The van der Waals surface area contributed by atoms with Crippen molar-refractivity contribution in [3.05, 3.63) is 52.3 Å².